The fraction of sp³-hybridized carbons (Fsp3) is 0.211. The lowest BCUT2D eigenvalue weighted by atomic mass is 10.1. The van der Waals surface area contributed by atoms with E-state index in [4.69, 9.17) is 21.1 Å². The van der Waals surface area contributed by atoms with Crippen molar-refractivity contribution in [2.24, 2.45) is 0 Å². The molecule has 0 bridgehead atoms. The molecule has 2 N–H and O–H groups in total. The van der Waals surface area contributed by atoms with Crippen molar-refractivity contribution >= 4 is 41.0 Å². The molecule has 7 heteroatoms. The van der Waals surface area contributed by atoms with Gasteiger partial charge in [0.25, 0.3) is 5.91 Å². The van der Waals surface area contributed by atoms with Crippen LogP contribution < -0.4 is 20.1 Å². The van der Waals surface area contributed by atoms with Crippen LogP contribution in [0, 0.1) is 6.92 Å². The highest BCUT2D eigenvalue weighted by molar-refractivity contribution is 8.05. The Morgan fingerprint density at radius 3 is 2.69 bits per heavy atom. The molecule has 1 aliphatic rings. The molecular formula is C19H19ClN2O3S. The van der Waals surface area contributed by atoms with Crippen LogP contribution in [0.4, 0.5) is 5.69 Å². The highest BCUT2D eigenvalue weighted by atomic mass is 35.5. The Balaban J connectivity index is 1.80. The second kappa shape index (κ2) is 7.93. The lowest BCUT2D eigenvalue weighted by Gasteiger charge is -2.15. The summed E-state index contributed by atoms with van der Waals surface area (Å²) < 4.78 is 10.6. The molecule has 1 aliphatic heterocycles. The Bertz CT molecular complexity index is 870. The van der Waals surface area contributed by atoms with Crippen LogP contribution in [0.2, 0.25) is 5.02 Å². The van der Waals surface area contributed by atoms with E-state index in [-0.39, 0.29) is 11.4 Å². The zero-order valence-corrected chi connectivity index (χ0v) is 16.2. The second-order valence-corrected chi connectivity index (χ2v) is 7.27. The number of amides is 1. The van der Waals surface area contributed by atoms with Gasteiger partial charge in [0.15, 0.2) is 5.50 Å². The first-order valence-corrected chi connectivity index (χ1v) is 9.20. The van der Waals surface area contributed by atoms with Crippen LogP contribution in [0.15, 0.2) is 41.3 Å². The van der Waals surface area contributed by atoms with Crippen LogP contribution in [-0.2, 0) is 4.79 Å². The predicted octanol–water partition coefficient (Wildman–Crippen LogP) is 4.27. The van der Waals surface area contributed by atoms with Crippen molar-refractivity contribution in [3.8, 4) is 11.5 Å². The van der Waals surface area contributed by atoms with Gasteiger partial charge in [0.2, 0.25) is 0 Å². The minimum Gasteiger partial charge on any atom is -0.497 e. The number of thioether (sulfide) groups is 1. The van der Waals surface area contributed by atoms with Crippen molar-refractivity contribution in [2.45, 2.75) is 12.4 Å². The smallest absolute Gasteiger partial charge is 0.260 e. The molecule has 0 saturated carbocycles. The third kappa shape index (κ3) is 4.08. The van der Waals surface area contributed by atoms with E-state index in [1.54, 1.807) is 20.3 Å². The van der Waals surface area contributed by atoms with E-state index in [1.807, 2.05) is 43.3 Å². The second-order valence-electron chi connectivity index (χ2n) is 5.69. The molecule has 136 valence electrons. The van der Waals surface area contributed by atoms with E-state index in [1.165, 1.54) is 11.8 Å². The number of hydrogen-bond acceptors (Lipinski definition) is 5. The third-order valence-corrected chi connectivity index (χ3v) is 5.19. The molecule has 0 aromatic heterocycles. The maximum atomic E-state index is 12.3. The monoisotopic (exact) mass is 390 g/mol. The highest BCUT2D eigenvalue weighted by Gasteiger charge is 2.27. The van der Waals surface area contributed by atoms with Crippen molar-refractivity contribution in [2.75, 3.05) is 19.5 Å². The molecule has 3 rings (SSSR count). The molecule has 0 radical (unpaired) electrons. The summed E-state index contributed by atoms with van der Waals surface area (Å²) in [6.07, 6.45) is 1.80. The molecule has 2 aromatic rings. The molecule has 1 amide bonds. The van der Waals surface area contributed by atoms with Crippen molar-refractivity contribution in [3.63, 3.8) is 0 Å². The topological polar surface area (TPSA) is 59.6 Å². The van der Waals surface area contributed by atoms with Gasteiger partial charge in [-0.25, -0.2) is 0 Å². The summed E-state index contributed by atoms with van der Waals surface area (Å²) in [4.78, 5) is 12.9. The van der Waals surface area contributed by atoms with Gasteiger partial charge < -0.3 is 20.1 Å². The van der Waals surface area contributed by atoms with Crippen molar-refractivity contribution in [1.29, 1.82) is 0 Å². The van der Waals surface area contributed by atoms with Crippen molar-refractivity contribution < 1.29 is 14.3 Å². The fourth-order valence-electron chi connectivity index (χ4n) is 2.59. The number of ether oxygens (including phenoxy) is 2. The lowest BCUT2D eigenvalue weighted by molar-refractivity contribution is -0.116. The Morgan fingerprint density at radius 2 is 2.00 bits per heavy atom. The summed E-state index contributed by atoms with van der Waals surface area (Å²) >= 11 is 7.40. The largest absolute Gasteiger partial charge is 0.497 e. The van der Waals surface area contributed by atoms with Gasteiger partial charge in [-0.3, -0.25) is 4.79 Å². The van der Waals surface area contributed by atoms with Crippen LogP contribution in [0.5, 0.6) is 11.5 Å². The van der Waals surface area contributed by atoms with Gasteiger partial charge in [-0.2, -0.15) is 0 Å². The summed E-state index contributed by atoms with van der Waals surface area (Å²) in [6, 6.07) is 11.1. The number of benzene rings is 2. The zero-order chi connectivity index (χ0) is 18.7. The normalized spacial score (nSPS) is 17.9. The standard InChI is InChI=1S/C19H19ClN2O3S/c1-11-8-13(20)4-6-15(11)21-19-22-18(23)17(26-19)10-12-9-14(24-2)5-7-16(12)25-3/h4-10,19,21H,1-3H3,(H,22,23)/b17-10-. The quantitative estimate of drug-likeness (QED) is 0.747. The van der Waals surface area contributed by atoms with Gasteiger partial charge >= 0.3 is 0 Å². The number of anilines is 1. The van der Waals surface area contributed by atoms with E-state index < -0.39 is 0 Å². The van der Waals surface area contributed by atoms with Crippen LogP contribution >= 0.6 is 23.4 Å². The molecule has 1 saturated heterocycles. The number of rotatable bonds is 5. The van der Waals surface area contributed by atoms with Gasteiger partial charge in [-0.1, -0.05) is 23.4 Å². The molecule has 1 heterocycles. The SMILES string of the molecule is COc1ccc(OC)c(/C=C2\SC(Nc3ccc(Cl)cc3C)NC2=O)c1. The number of nitrogens with one attached hydrogen (secondary N) is 2. The Morgan fingerprint density at radius 1 is 1.19 bits per heavy atom. The first-order valence-electron chi connectivity index (χ1n) is 7.94. The van der Waals surface area contributed by atoms with Gasteiger partial charge in [-0.05, 0) is 55.0 Å². The molecule has 26 heavy (non-hydrogen) atoms. The highest BCUT2D eigenvalue weighted by Crippen LogP contribution is 2.34. The van der Waals surface area contributed by atoms with Gasteiger partial charge in [-0.15, -0.1) is 0 Å². The summed E-state index contributed by atoms with van der Waals surface area (Å²) in [6.45, 7) is 1.97. The summed E-state index contributed by atoms with van der Waals surface area (Å²) in [5.74, 6) is 1.24. The zero-order valence-electron chi connectivity index (χ0n) is 14.6. The fourth-order valence-corrected chi connectivity index (χ4v) is 3.78. The van der Waals surface area contributed by atoms with Gasteiger partial charge in [0.1, 0.15) is 11.5 Å². The summed E-state index contributed by atoms with van der Waals surface area (Å²) in [5.41, 5.74) is 2.46. The average Bonchev–Trinajstić information content (AvgIpc) is 2.96. The predicted molar refractivity (Wildman–Crippen MR) is 107 cm³/mol. The first kappa shape index (κ1) is 18.5. The van der Waals surface area contributed by atoms with Gasteiger partial charge in [0.05, 0.1) is 19.1 Å². The summed E-state index contributed by atoms with van der Waals surface area (Å²) in [7, 11) is 3.20. The maximum Gasteiger partial charge on any atom is 0.260 e. The van der Waals surface area contributed by atoms with Crippen LogP contribution in [0.1, 0.15) is 11.1 Å². The minimum atomic E-state index is -0.259. The van der Waals surface area contributed by atoms with E-state index in [2.05, 4.69) is 10.6 Å². The van der Waals surface area contributed by atoms with E-state index in [0.29, 0.717) is 21.4 Å². The molecule has 2 aromatic carbocycles. The molecule has 1 atom stereocenters. The molecule has 0 spiro atoms. The van der Waals surface area contributed by atoms with Crippen LogP contribution in [-0.4, -0.2) is 25.6 Å². The number of carbonyl (C=O) groups excluding carboxylic acids is 1. The molecule has 1 unspecified atom stereocenters. The van der Waals surface area contributed by atoms with E-state index in [9.17, 15) is 4.79 Å². The molecule has 1 fully saturated rings. The van der Waals surface area contributed by atoms with Crippen molar-refractivity contribution in [1.82, 2.24) is 5.32 Å². The number of methoxy groups -OCH3 is 2. The number of aryl methyl sites for hydroxylation is 1. The van der Waals surface area contributed by atoms with Crippen LogP contribution in [0.3, 0.4) is 0 Å². The van der Waals surface area contributed by atoms with Crippen molar-refractivity contribution in [3.05, 3.63) is 57.5 Å². The Labute approximate surface area is 161 Å². The Hall–Kier alpha value is -2.31. The lowest BCUT2D eigenvalue weighted by Crippen LogP contribution is -2.31. The summed E-state index contributed by atoms with van der Waals surface area (Å²) in [5, 5.41) is 6.91. The number of halogens is 1. The first-order chi connectivity index (χ1) is 12.5. The van der Waals surface area contributed by atoms with E-state index in [0.717, 1.165) is 16.8 Å². The number of carbonyl (C=O) groups is 1. The van der Waals surface area contributed by atoms with Crippen LogP contribution in [0.25, 0.3) is 6.08 Å². The third-order valence-electron chi connectivity index (χ3n) is 3.93. The molecule has 0 aliphatic carbocycles. The Kier molecular flexibility index (Phi) is 5.64. The maximum absolute atomic E-state index is 12.3. The van der Waals surface area contributed by atoms with E-state index >= 15 is 0 Å². The molecule has 5 nitrogen and oxygen atoms in total. The molecular weight excluding hydrogens is 372 g/mol. The minimum absolute atomic E-state index is 0.135. The van der Waals surface area contributed by atoms with Gasteiger partial charge in [0, 0.05) is 16.3 Å². The average molecular weight is 391 g/mol. The number of hydrogen-bond donors (Lipinski definition) is 2.